The third-order valence-corrected chi connectivity index (χ3v) is 4.96. The van der Waals surface area contributed by atoms with Crippen molar-refractivity contribution in [3.05, 3.63) is 18.2 Å². The second kappa shape index (κ2) is 9.33. The number of carbonyl (C=O) groups is 1. The second-order valence-corrected chi connectivity index (χ2v) is 6.90. The van der Waals surface area contributed by atoms with E-state index in [0.717, 1.165) is 22.4 Å². The molecule has 24 heavy (non-hydrogen) atoms. The van der Waals surface area contributed by atoms with Gasteiger partial charge in [-0.25, -0.2) is 0 Å². The van der Waals surface area contributed by atoms with Gasteiger partial charge in [-0.1, -0.05) is 30.0 Å². The number of amides is 1. The molecule has 9 heteroatoms. The zero-order valence-corrected chi connectivity index (χ0v) is 15.4. The van der Waals surface area contributed by atoms with Crippen LogP contribution in [0.4, 0.5) is 10.8 Å². The average molecular weight is 368 g/mol. The molecule has 0 saturated carbocycles. The second-order valence-electron chi connectivity index (χ2n) is 4.70. The fraction of sp³-hybridized carbons (Fsp3) is 0.400. The normalized spacial score (nSPS) is 10.3. The molecule has 2 N–H and O–H groups in total. The van der Waals surface area contributed by atoms with Gasteiger partial charge in [-0.3, -0.25) is 4.79 Å². The molecule has 1 heterocycles. The van der Waals surface area contributed by atoms with E-state index in [1.165, 1.54) is 23.1 Å². The van der Waals surface area contributed by atoms with Crippen molar-refractivity contribution >= 4 is 39.8 Å². The van der Waals surface area contributed by atoms with Gasteiger partial charge in [-0.05, 0) is 18.6 Å². The van der Waals surface area contributed by atoms with E-state index in [4.69, 9.17) is 9.47 Å². The van der Waals surface area contributed by atoms with Crippen LogP contribution in [0, 0.1) is 0 Å². The largest absolute Gasteiger partial charge is 0.497 e. The first-order valence-corrected chi connectivity index (χ1v) is 9.18. The molecule has 0 aliphatic rings. The summed E-state index contributed by atoms with van der Waals surface area (Å²) in [4.78, 5) is 12.1. The minimum Gasteiger partial charge on any atom is -0.497 e. The summed E-state index contributed by atoms with van der Waals surface area (Å²) in [5.74, 6) is 1.33. The van der Waals surface area contributed by atoms with Crippen molar-refractivity contribution < 1.29 is 14.3 Å². The maximum Gasteiger partial charge on any atom is 0.234 e. The Morgan fingerprint density at radius 2 is 2.12 bits per heavy atom. The summed E-state index contributed by atoms with van der Waals surface area (Å²) in [6.45, 7) is 2.94. The number of nitrogens with zero attached hydrogens (tertiary/aromatic N) is 2. The lowest BCUT2D eigenvalue weighted by atomic mass is 10.2. The van der Waals surface area contributed by atoms with E-state index in [2.05, 4.69) is 27.8 Å². The van der Waals surface area contributed by atoms with Crippen LogP contribution in [-0.2, 0) is 4.79 Å². The van der Waals surface area contributed by atoms with Gasteiger partial charge in [0.2, 0.25) is 11.0 Å². The molecule has 1 aromatic heterocycles. The highest BCUT2D eigenvalue weighted by molar-refractivity contribution is 8.01. The van der Waals surface area contributed by atoms with Crippen LogP contribution in [0.1, 0.15) is 13.3 Å². The van der Waals surface area contributed by atoms with Crippen molar-refractivity contribution in [3.63, 3.8) is 0 Å². The summed E-state index contributed by atoms with van der Waals surface area (Å²) in [6.07, 6.45) is 1.02. The molecule has 1 amide bonds. The molecule has 0 aliphatic heterocycles. The molecule has 7 nitrogen and oxygen atoms in total. The highest BCUT2D eigenvalue weighted by Gasteiger charge is 2.11. The van der Waals surface area contributed by atoms with E-state index in [1.807, 2.05) is 0 Å². The van der Waals surface area contributed by atoms with Crippen LogP contribution in [0.15, 0.2) is 22.5 Å². The summed E-state index contributed by atoms with van der Waals surface area (Å²) >= 11 is 2.79. The van der Waals surface area contributed by atoms with Gasteiger partial charge in [0.1, 0.15) is 11.5 Å². The first-order chi connectivity index (χ1) is 11.7. The molecule has 130 valence electrons. The lowest BCUT2D eigenvalue weighted by molar-refractivity contribution is -0.113. The van der Waals surface area contributed by atoms with Crippen LogP contribution in [0.3, 0.4) is 0 Å². The fourth-order valence-electron chi connectivity index (χ4n) is 1.79. The Balaban J connectivity index is 1.88. The van der Waals surface area contributed by atoms with Gasteiger partial charge in [-0.2, -0.15) is 0 Å². The van der Waals surface area contributed by atoms with E-state index < -0.39 is 0 Å². The fourth-order valence-corrected chi connectivity index (χ4v) is 3.36. The molecule has 0 bridgehead atoms. The molecule has 0 atom stereocenters. The Morgan fingerprint density at radius 3 is 2.83 bits per heavy atom. The van der Waals surface area contributed by atoms with Crippen LogP contribution in [0.5, 0.6) is 11.5 Å². The molecule has 0 fully saturated rings. The minimum atomic E-state index is -0.137. The monoisotopic (exact) mass is 368 g/mol. The van der Waals surface area contributed by atoms with E-state index in [-0.39, 0.29) is 11.7 Å². The van der Waals surface area contributed by atoms with E-state index >= 15 is 0 Å². The van der Waals surface area contributed by atoms with Gasteiger partial charge in [0, 0.05) is 12.6 Å². The first kappa shape index (κ1) is 18.3. The molecule has 1 aromatic carbocycles. The van der Waals surface area contributed by atoms with Gasteiger partial charge in [0.05, 0.1) is 25.7 Å². The number of carbonyl (C=O) groups excluding carboxylic acids is 1. The van der Waals surface area contributed by atoms with Crippen molar-refractivity contribution in [3.8, 4) is 11.5 Å². The summed E-state index contributed by atoms with van der Waals surface area (Å²) in [5.41, 5.74) is 0.603. The quantitative estimate of drug-likeness (QED) is 0.658. The number of hydrogen-bond acceptors (Lipinski definition) is 8. The summed E-state index contributed by atoms with van der Waals surface area (Å²) in [6, 6.07) is 5.23. The van der Waals surface area contributed by atoms with Gasteiger partial charge >= 0.3 is 0 Å². The third kappa shape index (κ3) is 5.27. The van der Waals surface area contributed by atoms with Crippen molar-refractivity contribution in [2.75, 3.05) is 37.2 Å². The Morgan fingerprint density at radius 1 is 1.29 bits per heavy atom. The summed E-state index contributed by atoms with van der Waals surface area (Å²) in [5, 5.41) is 14.9. The summed E-state index contributed by atoms with van der Waals surface area (Å²) in [7, 11) is 3.13. The topological polar surface area (TPSA) is 85.4 Å². The molecular formula is C15H20N4O3S2. The zero-order valence-electron chi connectivity index (χ0n) is 13.8. The smallest absolute Gasteiger partial charge is 0.234 e. The van der Waals surface area contributed by atoms with Crippen LogP contribution in [0.2, 0.25) is 0 Å². The van der Waals surface area contributed by atoms with Crippen LogP contribution in [-0.4, -0.2) is 42.6 Å². The molecule has 0 unspecified atom stereocenters. The summed E-state index contributed by atoms with van der Waals surface area (Å²) < 4.78 is 11.2. The zero-order chi connectivity index (χ0) is 17.4. The van der Waals surface area contributed by atoms with Gasteiger partial charge < -0.3 is 20.1 Å². The number of rotatable bonds is 9. The van der Waals surface area contributed by atoms with Gasteiger partial charge in [-0.15, -0.1) is 10.2 Å². The van der Waals surface area contributed by atoms with E-state index in [9.17, 15) is 4.79 Å². The first-order valence-electron chi connectivity index (χ1n) is 7.38. The predicted octanol–water partition coefficient (Wildman–Crippen LogP) is 3.11. The number of methoxy groups -OCH3 is 2. The Labute approximate surface area is 149 Å². The number of hydrogen-bond donors (Lipinski definition) is 2. The Bertz CT molecular complexity index is 678. The minimum absolute atomic E-state index is 0.137. The number of aromatic nitrogens is 2. The predicted molar refractivity (Wildman–Crippen MR) is 97.6 cm³/mol. The lowest BCUT2D eigenvalue weighted by Gasteiger charge is -2.11. The number of thioether (sulfide) groups is 1. The van der Waals surface area contributed by atoms with Gasteiger partial charge in [0.15, 0.2) is 4.34 Å². The number of anilines is 2. The van der Waals surface area contributed by atoms with Crippen LogP contribution < -0.4 is 20.1 Å². The number of nitrogens with one attached hydrogen (secondary N) is 2. The van der Waals surface area contributed by atoms with Crippen molar-refractivity contribution in [1.29, 1.82) is 0 Å². The molecular weight excluding hydrogens is 348 g/mol. The van der Waals surface area contributed by atoms with Crippen molar-refractivity contribution in [2.24, 2.45) is 0 Å². The average Bonchev–Trinajstić information content (AvgIpc) is 3.06. The molecule has 0 radical (unpaired) electrons. The van der Waals surface area contributed by atoms with Crippen LogP contribution in [0.25, 0.3) is 0 Å². The van der Waals surface area contributed by atoms with E-state index in [1.54, 1.807) is 32.4 Å². The Kier molecular flexibility index (Phi) is 7.13. The number of ether oxygens (including phenoxy) is 2. The van der Waals surface area contributed by atoms with E-state index in [0.29, 0.717) is 17.2 Å². The van der Waals surface area contributed by atoms with Gasteiger partial charge in [0.25, 0.3) is 0 Å². The SMILES string of the molecule is CCCNc1nnc(SCC(=O)Nc2ccc(OC)cc2OC)s1. The Hall–Kier alpha value is -2.00. The maximum absolute atomic E-state index is 12.1. The molecule has 2 rings (SSSR count). The molecule has 0 spiro atoms. The molecule has 0 aliphatic carbocycles. The highest BCUT2D eigenvalue weighted by Crippen LogP contribution is 2.30. The lowest BCUT2D eigenvalue weighted by Crippen LogP contribution is -2.14. The molecule has 2 aromatic rings. The number of benzene rings is 1. The van der Waals surface area contributed by atoms with Crippen molar-refractivity contribution in [2.45, 2.75) is 17.7 Å². The third-order valence-electron chi connectivity index (χ3n) is 2.94. The maximum atomic E-state index is 12.1. The molecule has 0 saturated heterocycles. The van der Waals surface area contributed by atoms with Crippen LogP contribution >= 0.6 is 23.1 Å². The van der Waals surface area contributed by atoms with Crippen molar-refractivity contribution in [1.82, 2.24) is 10.2 Å². The highest BCUT2D eigenvalue weighted by atomic mass is 32.2. The standard InChI is InChI=1S/C15H20N4O3S2/c1-4-7-16-14-18-19-15(24-14)23-9-13(20)17-11-6-5-10(21-2)8-12(11)22-3/h5-6,8H,4,7,9H2,1-3H3,(H,16,18)(H,17,20).